The molecular weight excluding hydrogens is 295 g/mol. The van der Waals surface area contributed by atoms with E-state index in [1.165, 1.54) is 0 Å². The number of carbonyl (C=O) groups excluding carboxylic acids is 1. The summed E-state index contributed by atoms with van der Waals surface area (Å²) in [5.41, 5.74) is 2.87. The predicted octanol–water partition coefficient (Wildman–Crippen LogP) is 4.37. The summed E-state index contributed by atoms with van der Waals surface area (Å²) < 4.78 is 0. The van der Waals surface area contributed by atoms with Crippen molar-refractivity contribution in [2.75, 3.05) is 17.7 Å². The van der Waals surface area contributed by atoms with Crippen LogP contribution in [0.1, 0.15) is 0 Å². The second kappa shape index (κ2) is 7.17. The molecule has 2 aromatic carbocycles. The number of alkyl halides is 1. The Balaban J connectivity index is 2.02. The Morgan fingerprint density at radius 2 is 1.50 bits per heavy atom. The Kier molecular flexibility index (Phi) is 5.27. The van der Waals surface area contributed by atoms with Crippen LogP contribution < -0.4 is 10.6 Å². The monoisotopic (exact) mass is 308 g/mol. The number of nitrogens with one attached hydrogen (secondary N) is 2. The zero-order valence-electron chi connectivity index (χ0n) is 10.7. The molecule has 0 bridgehead atoms. The van der Waals surface area contributed by atoms with Crippen LogP contribution in [0.5, 0.6) is 0 Å². The number of benzene rings is 2. The lowest BCUT2D eigenvalue weighted by Crippen LogP contribution is -2.30. The molecule has 0 aliphatic carbocycles. The van der Waals surface area contributed by atoms with Gasteiger partial charge >= 0.3 is 6.03 Å². The lowest BCUT2D eigenvalue weighted by Gasteiger charge is -2.07. The molecule has 0 spiro atoms. The summed E-state index contributed by atoms with van der Waals surface area (Å²) >= 11 is 11.4. The van der Waals surface area contributed by atoms with Gasteiger partial charge in [0.15, 0.2) is 0 Å². The fraction of sp³-hybridized carbons (Fsp3) is 0.133. The average Bonchev–Trinajstić information content (AvgIpc) is 2.47. The van der Waals surface area contributed by atoms with Gasteiger partial charge < -0.3 is 10.6 Å². The minimum atomic E-state index is -0.259. The number of rotatable bonds is 4. The van der Waals surface area contributed by atoms with Gasteiger partial charge in [0.05, 0.1) is 0 Å². The third-order valence-electron chi connectivity index (χ3n) is 2.70. The van der Waals surface area contributed by atoms with E-state index in [1.807, 2.05) is 48.5 Å². The molecule has 0 heterocycles. The summed E-state index contributed by atoms with van der Waals surface area (Å²) in [4.78, 5) is 11.5. The Morgan fingerprint density at radius 1 is 0.950 bits per heavy atom. The summed E-state index contributed by atoms with van der Waals surface area (Å²) in [5.74, 6) is 0.392. The number of hydrogen-bond donors (Lipinski definition) is 2. The SMILES string of the molecule is O=C(NCCCl)Nc1ccc(-c2ccc(Cl)cc2)cc1. The molecule has 0 aromatic heterocycles. The highest BCUT2D eigenvalue weighted by Gasteiger charge is 2.02. The summed E-state index contributed by atoms with van der Waals surface area (Å²) in [7, 11) is 0. The quantitative estimate of drug-likeness (QED) is 0.809. The van der Waals surface area contributed by atoms with E-state index < -0.39 is 0 Å². The second-order valence-electron chi connectivity index (χ2n) is 4.15. The molecule has 0 atom stereocenters. The number of anilines is 1. The Labute approximate surface area is 127 Å². The fourth-order valence-electron chi connectivity index (χ4n) is 1.72. The first-order valence-electron chi connectivity index (χ1n) is 6.16. The predicted molar refractivity (Wildman–Crippen MR) is 84.6 cm³/mol. The first-order valence-corrected chi connectivity index (χ1v) is 7.07. The molecule has 0 fully saturated rings. The van der Waals surface area contributed by atoms with Crippen molar-refractivity contribution in [3.8, 4) is 11.1 Å². The molecule has 3 nitrogen and oxygen atoms in total. The number of carbonyl (C=O) groups is 1. The van der Waals surface area contributed by atoms with Gasteiger partial charge in [-0.2, -0.15) is 0 Å². The summed E-state index contributed by atoms with van der Waals surface area (Å²) in [6, 6.07) is 14.9. The van der Waals surface area contributed by atoms with Gasteiger partial charge in [0, 0.05) is 23.1 Å². The van der Waals surface area contributed by atoms with Crippen LogP contribution in [0.15, 0.2) is 48.5 Å². The Morgan fingerprint density at radius 3 is 2.05 bits per heavy atom. The topological polar surface area (TPSA) is 41.1 Å². The van der Waals surface area contributed by atoms with E-state index in [1.54, 1.807) is 0 Å². The van der Waals surface area contributed by atoms with Gasteiger partial charge in [0.1, 0.15) is 0 Å². The highest BCUT2D eigenvalue weighted by Crippen LogP contribution is 2.23. The lowest BCUT2D eigenvalue weighted by atomic mass is 10.1. The van der Waals surface area contributed by atoms with Gasteiger partial charge in [0.2, 0.25) is 0 Å². The number of halogens is 2. The van der Waals surface area contributed by atoms with Crippen molar-refractivity contribution in [2.24, 2.45) is 0 Å². The van der Waals surface area contributed by atoms with Crippen LogP contribution in [-0.4, -0.2) is 18.5 Å². The largest absolute Gasteiger partial charge is 0.337 e. The lowest BCUT2D eigenvalue weighted by molar-refractivity contribution is 0.252. The van der Waals surface area contributed by atoms with E-state index in [2.05, 4.69) is 10.6 Å². The van der Waals surface area contributed by atoms with E-state index in [-0.39, 0.29) is 6.03 Å². The maximum Gasteiger partial charge on any atom is 0.319 e. The normalized spacial score (nSPS) is 10.1. The molecule has 2 N–H and O–H groups in total. The van der Waals surface area contributed by atoms with Gasteiger partial charge in [-0.3, -0.25) is 0 Å². The molecule has 0 saturated heterocycles. The molecule has 0 saturated carbocycles. The van der Waals surface area contributed by atoms with Crippen molar-refractivity contribution < 1.29 is 4.79 Å². The van der Waals surface area contributed by atoms with Crippen LogP contribution in [0.3, 0.4) is 0 Å². The maximum absolute atomic E-state index is 11.5. The van der Waals surface area contributed by atoms with E-state index in [4.69, 9.17) is 23.2 Å². The third kappa shape index (κ3) is 4.15. The van der Waals surface area contributed by atoms with Crippen molar-refractivity contribution >= 4 is 34.9 Å². The number of hydrogen-bond acceptors (Lipinski definition) is 1. The molecule has 104 valence electrons. The molecule has 0 aliphatic rings. The fourth-order valence-corrected chi connectivity index (χ4v) is 1.94. The Hall–Kier alpha value is -1.71. The van der Waals surface area contributed by atoms with Crippen LogP contribution in [0, 0.1) is 0 Å². The van der Waals surface area contributed by atoms with Crippen LogP contribution in [-0.2, 0) is 0 Å². The van der Waals surface area contributed by atoms with Crippen molar-refractivity contribution in [1.29, 1.82) is 0 Å². The zero-order chi connectivity index (χ0) is 14.4. The maximum atomic E-state index is 11.5. The summed E-state index contributed by atoms with van der Waals surface area (Å²) in [6.45, 7) is 0.441. The molecule has 5 heteroatoms. The van der Waals surface area contributed by atoms with Crippen LogP contribution >= 0.6 is 23.2 Å². The van der Waals surface area contributed by atoms with Crippen molar-refractivity contribution in [1.82, 2.24) is 5.32 Å². The van der Waals surface area contributed by atoms with Gasteiger partial charge in [-0.1, -0.05) is 35.9 Å². The van der Waals surface area contributed by atoms with Gasteiger partial charge in [-0.05, 0) is 35.4 Å². The summed E-state index contributed by atoms with van der Waals surface area (Å²) in [6.07, 6.45) is 0. The molecule has 0 unspecified atom stereocenters. The van der Waals surface area contributed by atoms with E-state index in [9.17, 15) is 4.79 Å². The van der Waals surface area contributed by atoms with Gasteiger partial charge in [-0.15, -0.1) is 11.6 Å². The van der Waals surface area contributed by atoms with Gasteiger partial charge in [0.25, 0.3) is 0 Å². The first-order chi connectivity index (χ1) is 9.69. The summed E-state index contributed by atoms with van der Waals surface area (Å²) in [5, 5.41) is 6.08. The molecule has 2 amide bonds. The van der Waals surface area contributed by atoms with Crippen LogP contribution in [0.4, 0.5) is 10.5 Å². The van der Waals surface area contributed by atoms with Crippen molar-refractivity contribution in [2.45, 2.75) is 0 Å². The van der Waals surface area contributed by atoms with Crippen LogP contribution in [0.25, 0.3) is 11.1 Å². The van der Waals surface area contributed by atoms with Crippen LogP contribution in [0.2, 0.25) is 5.02 Å². The van der Waals surface area contributed by atoms with E-state index >= 15 is 0 Å². The minimum Gasteiger partial charge on any atom is -0.337 e. The van der Waals surface area contributed by atoms with E-state index in [0.29, 0.717) is 17.4 Å². The first kappa shape index (κ1) is 14.7. The minimum absolute atomic E-state index is 0.259. The highest BCUT2D eigenvalue weighted by molar-refractivity contribution is 6.30. The molecule has 0 radical (unpaired) electrons. The highest BCUT2D eigenvalue weighted by atomic mass is 35.5. The molecular formula is C15H14Cl2N2O. The molecule has 2 rings (SSSR count). The third-order valence-corrected chi connectivity index (χ3v) is 3.14. The standard InChI is InChI=1S/C15H14Cl2N2O/c16-9-10-18-15(20)19-14-7-3-12(4-8-14)11-1-5-13(17)6-2-11/h1-8H,9-10H2,(H2,18,19,20). The molecule has 2 aromatic rings. The molecule has 20 heavy (non-hydrogen) atoms. The smallest absolute Gasteiger partial charge is 0.319 e. The van der Waals surface area contributed by atoms with Crippen molar-refractivity contribution in [3.63, 3.8) is 0 Å². The molecule has 0 aliphatic heterocycles. The zero-order valence-corrected chi connectivity index (χ0v) is 12.2. The number of amides is 2. The second-order valence-corrected chi connectivity index (χ2v) is 4.97. The average molecular weight is 309 g/mol. The Bertz CT molecular complexity index is 567. The van der Waals surface area contributed by atoms with Gasteiger partial charge in [-0.25, -0.2) is 4.79 Å². The van der Waals surface area contributed by atoms with Crippen molar-refractivity contribution in [3.05, 3.63) is 53.6 Å². The number of urea groups is 1. The van der Waals surface area contributed by atoms with E-state index in [0.717, 1.165) is 16.8 Å².